The zero-order chi connectivity index (χ0) is 18.4. The summed E-state index contributed by atoms with van der Waals surface area (Å²) in [6.07, 6.45) is 0.752. The van der Waals surface area contributed by atoms with E-state index in [2.05, 4.69) is 0 Å². The van der Waals surface area contributed by atoms with Gasteiger partial charge in [0.1, 0.15) is 11.3 Å². The maximum Gasteiger partial charge on any atom is 0.336 e. The fourth-order valence-electron chi connectivity index (χ4n) is 3.54. The van der Waals surface area contributed by atoms with E-state index in [4.69, 9.17) is 9.40 Å². The standard InChI is InChI=1S/C22H19NO3/c1-4-14-10-9-12(2)20-19(14)16(22(24)25)11-17(23-20)21-13(3)15-7-5-6-8-18(15)26-21/h5-11H,4H2,1-3H3,(H,24,25). The molecule has 0 amide bonds. The molecule has 0 aliphatic heterocycles. The van der Waals surface area contributed by atoms with Gasteiger partial charge in [-0.1, -0.05) is 37.3 Å². The summed E-state index contributed by atoms with van der Waals surface area (Å²) in [7, 11) is 0. The van der Waals surface area contributed by atoms with Crippen molar-refractivity contribution < 1.29 is 14.3 Å². The zero-order valence-corrected chi connectivity index (χ0v) is 15.0. The molecule has 0 aliphatic carbocycles. The number of benzene rings is 2. The van der Waals surface area contributed by atoms with Crippen LogP contribution in [-0.4, -0.2) is 16.1 Å². The molecule has 130 valence electrons. The number of hydrogen-bond acceptors (Lipinski definition) is 3. The van der Waals surface area contributed by atoms with E-state index < -0.39 is 5.97 Å². The molecule has 0 atom stereocenters. The largest absolute Gasteiger partial charge is 0.478 e. The number of carboxylic acids is 1. The maximum absolute atomic E-state index is 12.0. The molecule has 0 aliphatic rings. The summed E-state index contributed by atoms with van der Waals surface area (Å²) in [5.74, 6) is -0.329. The van der Waals surface area contributed by atoms with Gasteiger partial charge in [0.2, 0.25) is 0 Å². The first kappa shape index (κ1) is 16.3. The fourth-order valence-corrected chi connectivity index (χ4v) is 3.54. The van der Waals surface area contributed by atoms with E-state index in [0.29, 0.717) is 11.5 Å². The van der Waals surface area contributed by atoms with Crippen LogP contribution in [0.1, 0.15) is 34.0 Å². The van der Waals surface area contributed by atoms with E-state index >= 15 is 0 Å². The average Bonchev–Trinajstić information content (AvgIpc) is 2.98. The maximum atomic E-state index is 12.0. The molecule has 2 aromatic heterocycles. The first-order chi connectivity index (χ1) is 12.5. The van der Waals surface area contributed by atoms with Crippen molar-refractivity contribution in [1.29, 1.82) is 0 Å². The summed E-state index contributed by atoms with van der Waals surface area (Å²) in [4.78, 5) is 16.8. The van der Waals surface area contributed by atoms with Crippen molar-refractivity contribution in [2.45, 2.75) is 27.2 Å². The number of hydrogen-bond donors (Lipinski definition) is 1. The molecule has 0 radical (unpaired) electrons. The van der Waals surface area contributed by atoms with Crippen LogP contribution in [0, 0.1) is 13.8 Å². The van der Waals surface area contributed by atoms with E-state index in [-0.39, 0.29) is 5.56 Å². The number of aromatic carboxylic acids is 1. The van der Waals surface area contributed by atoms with Crippen LogP contribution in [-0.2, 0) is 6.42 Å². The normalized spacial score (nSPS) is 11.3. The summed E-state index contributed by atoms with van der Waals surface area (Å²) >= 11 is 0. The van der Waals surface area contributed by atoms with Gasteiger partial charge in [0, 0.05) is 16.3 Å². The fraction of sp³-hybridized carbons (Fsp3) is 0.182. The summed E-state index contributed by atoms with van der Waals surface area (Å²) in [5, 5.41) is 11.5. The summed E-state index contributed by atoms with van der Waals surface area (Å²) in [5.41, 5.74) is 5.23. The summed E-state index contributed by atoms with van der Waals surface area (Å²) < 4.78 is 6.01. The van der Waals surface area contributed by atoms with Crippen molar-refractivity contribution in [2.24, 2.45) is 0 Å². The van der Waals surface area contributed by atoms with Gasteiger partial charge >= 0.3 is 5.97 Å². The zero-order valence-electron chi connectivity index (χ0n) is 15.0. The van der Waals surface area contributed by atoms with Crippen molar-refractivity contribution in [2.75, 3.05) is 0 Å². The molecule has 0 fully saturated rings. The molecule has 4 heteroatoms. The highest BCUT2D eigenvalue weighted by Crippen LogP contribution is 2.35. The van der Waals surface area contributed by atoms with Gasteiger partial charge in [-0.2, -0.15) is 0 Å². The van der Waals surface area contributed by atoms with Crippen molar-refractivity contribution >= 4 is 27.8 Å². The predicted octanol–water partition coefficient (Wildman–Crippen LogP) is 5.53. The van der Waals surface area contributed by atoms with Gasteiger partial charge < -0.3 is 9.52 Å². The lowest BCUT2D eigenvalue weighted by Gasteiger charge is -2.12. The average molecular weight is 345 g/mol. The van der Waals surface area contributed by atoms with Gasteiger partial charge in [-0.15, -0.1) is 0 Å². The number of furan rings is 1. The second-order valence-corrected chi connectivity index (χ2v) is 6.53. The number of carbonyl (C=O) groups is 1. The van der Waals surface area contributed by atoms with Gasteiger partial charge in [-0.3, -0.25) is 0 Å². The molecular formula is C22H19NO3. The molecule has 4 aromatic rings. The third-order valence-electron chi connectivity index (χ3n) is 4.94. The lowest BCUT2D eigenvalue weighted by Crippen LogP contribution is -2.03. The molecule has 2 aromatic carbocycles. The highest BCUT2D eigenvalue weighted by molar-refractivity contribution is 6.06. The Morgan fingerprint density at radius 1 is 1.15 bits per heavy atom. The number of pyridine rings is 1. The van der Waals surface area contributed by atoms with Crippen molar-refractivity contribution in [3.8, 4) is 11.5 Å². The topological polar surface area (TPSA) is 63.3 Å². The summed E-state index contributed by atoms with van der Waals surface area (Å²) in [6.45, 7) is 5.95. The smallest absolute Gasteiger partial charge is 0.336 e. The van der Waals surface area contributed by atoms with Crippen LogP contribution in [0.2, 0.25) is 0 Å². The number of aryl methyl sites for hydroxylation is 3. The lowest BCUT2D eigenvalue weighted by atomic mass is 9.97. The SMILES string of the molecule is CCc1ccc(C)c2nc(-c3oc4ccccc4c3C)cc(C(=O)O)c12. The van der Waals surface area contributed by atoms with Gasteiger partial charge in [0.15, 0.2) is 5.76 Å². The molecule has 4 nitrogen and oxygen atoms in total. The Labute approximate surface area is 151 Å². The highest BCUT2D eigenvalue weighted by atomic mass is 16.4. The van der Waals surface area contributed by atoms with Crippen LogP contribution in [0.3, 0.4) is 0 Å². The number of nitrogens with zero attached hydrogens (tertiary/aromatic N) is 1. The number of rotatable bonds is 3. The molecule has 0 spiro atoms. The molecular weight excluding hydrogens is 326 g/mol. The highest BCUT2D eigenvalue weighted by Gasteiger charge is 2.20. The van der Waals surface area contributed by atoms with Gasteiger partial charge in [-0.05, 0) is 43.5 Å². The van der Waals surface area contributed by atoms with Crippen molar-refractivity contribution in [3.05, 3.63) is 64.7 Å². The number of para-hydroxylation sites is 1. The number of fused-ring (bicyclic) bond motifs is 2. The van der Waals surface area contributed by atoms with Gasteiger partial charge in [0.25, 0.3) is 0 Å². The molecule has 0 saturated carbocycles. The van der Waals surface area contributed by atoms with Crippen LogP contribution in [0.5, 0.6) is 0 Å². The monoisotopic (exact) mass is 345 g/mol. The third kappa shape index (κ3) is 2.37. The van der Waals surface area contributed by atoms with E-state index in [0.717, 1.165) is 45.0 Å². The Morgan fingerprint density at radius 3 is 2.62 bits per heavy atom. The molecule has 2 heterocycles. The molecule has 0 bridgehead atoms. The minimum absolute atomic E-state index is 0.269. The van der Waals surface area contributed by atoms with Crippen molar-refractivity contribution in [3.63, 3.8) is 0 Å². The van der Waals surface area contributed by atoms with E-state index in [1.54, 1.807) is 6.07 Å². The minimum atomic E-state index is -0.951. The van der Waals surface area contributed by atoms with Gasteiger partial charge in [-0.25, -0.2) is 9.78 Å². The van der Waals surface area contributed by atoms with E-state index in [9.17, 15) is 9.90 Å². The molecule has 0 saturated heterocycles. The second-order valence-electron chi connectivity index (χ2n) is 6.53. The first-order valence-corrected chi connectivity index (χ1v) is 8.66. The lowest BCUT2D eigenvalue weighted by molar-refractivity contribution is 0.0699. The third-order valence-corrected chi connectivity index (χ3v) is 4.94. The molecule has 1 N–H and O–H groups in total. The molecule has 0 unspecified atom stereocenters. The Hall–Kier alpha value is -3.14. The molecule has 4 rings (SSSR count). The van der Waals surface area contributed by atoms with Crippen LogP contribution in [0.25, 0.3) is 33.3 Å². The van der Waals surface area contributed by atoms with Crippen molar-refractivity contribution in [1.82, 2.24) is 4.98 Å². The first-order valence-electron chi connectivity index (χ1n) is 8.66. The Bertz CT molecular complexity index is 1170. The molecule has 26 heavy (non-hydrogen) atoms. The van der Waals surface area contributed by atoms with Crippen LogP contribution < -0.4 is 0 Å². The number of carboxylic acid groups (broad SMARTS) is 1. The van der Waals surface area contributed by atoms with Crippen LogP contribution in [0.4, 0.5) is 0 Å². The van der Waals surface area contributed by atoms with Gasteiger partial charge in [0.05, 0.1) is 11.1 Å². The van der Waals surface area contributed by atoms with Crippen LogP contribution in [0.15, 0.2) is 46.9 Å². The number of aromatic nitrogens is 1. The second kappa shape index (κ2) is 5.99. The Kier molecular flexibility index (Phi) is 3.76. The minimum Gasteiger partial charge on any atom is -0.478 e. The Morgan fingerprint density at radius 2 is 1.92 bits per heavy atom. The predicted molar refractivity (Wildman–Crippen MR) is 103 cm³/mol. The van der Waals surface area contributed by atoms with E-state index in [1.165, 1.54) is 0 Å². The van der Waals surface area contributed by atoms with Crippen LogP contribution >= 0.6 is 0 Å². The van der Waals surface area contributed by atoms with E-state index in [1.807, 2.05) is 57.2 Å². The summed E-state index contributed by atoms with van der Waals surface area (Å²) in [6, 6.07) is 13.4. The Balaban J connectivity index is 2.09. The quantitative estimate of drug-likeness (QED) is 0.530.